The van der Waals surface area contributed by atoms with E-state index in [0.29, 0.717) is 17.7 Å². The number of rotatable bonds is 4. The molecule has 0 radical (unpaired) electrons. The Labute approximate surface area is 163 Å². The number of nitrogens with zero attached hydrogens (tertiary/aromatic N) is 6. The van der Waals surface area contributed by atoms with Crippen LogP contribution in [0.25, 0.3) is 5.95 Å². The predicted molar refractivity (Wildman–Crippen MR) is 105 cm³/mol. The van der Waals surface area contributed by atoms with Crippen molar-refractivity contribution in [2.75, 3.05) is 23.9 Å². The Hall–Kier alpha value is -2.97. The summed E-state index contributed by atoms with van der Waals surface area (Å²) in [5.74, 6) is 1.03. The van der Waals surface area contributed by atoms with Crippen LogP contribution in [0.1, 0.15) is 49.5 Å². The molecule has 1 atom stereocenters. The Morgan fingerprint density at radius 1 is 1.29 bits per heavy atom. The first-order valence-electron chi connectivity index (χ1n) is 9.74. The van der Waals surface area contributed by atoms with Gasteiger partial charge in [0.2, 0.25) is 11.9 Å². The molecule has 1 fully saturated rings. The van der Waals surface area contributed by atoms with Crippen LogP contribution in [0.3, 0.4) is 0 Å². The summed E-state index contributed by atoms with van der Waals surface area (Å²) in [6, 6.07) is 0.0980. The second-order valence-electron chi connectivity index (χ2n) is 7.29. The van der Waals surface area contributed by atoms with Crippen LogP contribution in [0.15, 0.2) is 18.7 Å². The highest BCUT2D eigenvalue weighted by Crippen LogP contribution is 2.39. The maximum atomic E-state index is 12.9. The van der Waals surface area contributed by atoms with E-state index in [-0.39, 0.29) is 17.9 Å². The molecule has 2 amide bonds. The first kappa shape index (κ1) is 18.4. The molecule has 0 bridgehead atoms. The zero-order valence-corrected chi connectivity index (χ0v) is 16.4. The van der Waals surface area contributed by atoms with Gasteiger partial charge in [-0.1, -0.05) is 19.8 Å². The van der Waals surface area contributed by atoms with Crippen LogP contribution in [0.4, 0.5) is 11.5 Å². The van der Waals surface area contributed by atoms with E-state index in [1.54, 1.807) is 36.0 Å². The highest BCUT2D eigenvalue weighted by atomic mass is 16.2. The van der Waals surface area contributed by atoms with Gasteiger partial charge in [0, 0.05) is 26.3 Å². The number of carbonyl (C=O) groups excluding carboxylic acids is 2. The van der Waals surface area contributed by atoms with Crippen LogP contribution in [0.2, 0.25) is 0 Å². The molecule has 1 aliphatic heterocycles. The zero-order valence-electron chi connectivity index (χ0n) is 16.4. The summed E-state index contributed by atoms with van der Waals surface area (Å²) in [6.45, 7) is 2.04. The van der Waals surface area contributed by atoms with Gasteiger partial charge in [0.05, 0.1) is 6.20 Å². The van der Waals surface area contributed by atoms with E-state index in [1.165, 1.54) is 19.2 Å². The van der Waals surface area contributed by atoms with Gasteiger partial charge < -0.3 is 15.1 Å². The summed E-state index contributed by atoms with van der Waals surface area (Å²) < 4.78 is 1.63. The molecule has 1 unspecified atom stereocenters. The number of likely N-dealkylation sites (N-methyl/N-ethyl adjacent to an activating group) is 1. The van der Waals surface area contributed by atoms with Crippen molar-refractivity contribution < 1.29 is 9.59 Å². The molecule has 4 rings (SSSR count). The quantitative estimate of drug-likeness (QED) is 0.860. The van der Waals surface area contributed by atoms with Crippen molar-refractivity contribution in [3.05, 3.63) is 24.4 Å². The van der Waals surface area contributed by atoms with Crippen LogP contribution in [-0.4, -0.2) is 57.5 Å². The lowest BCUT2D eigenvalue weighted by atomic mass is 10.0. The highest BCUT2D eigenvalue weighted by molar-refractivity contribution is 6.04. The molecule has 0 spiro atoms. The van der Waals surface area contributed by atoms with Gasteiger partial charge in [-0.15, -0.1) is 0 Å². The van der Waals surface area contributed by atoms with Crippen LogP contribution in [0, 0.1) is 0 Å². The third kappa shape index (κ3) is 2.90. The lowest BCUT2D eigenvalue weighted by molar-refractivity contribution is -0.120. The van der Waals surface area contributed by atoms with Crippen molar-refractivity contribution in [1.29, 1.82) is 0 Å². The minimum Gasteiger partial charge on any atom is -0.354 e. The SMILES string of the molecule is CCC1C(=O)N(C)c2cnc(-n3cnc(C(=O)NC)c3)nc2N1C1CCCC1. The third-order valence-corrected chi connectivity index (χ3v) is 5.67. The van der Waals surface area contributed by atoms with Crippen molar-refractivity contribution in [2.24, 2.45) is 0 Å². The molecule has 1 aliphatic carbocycles. The summed E-state index contributed by atoms with van der Waals surface area (Å²) in [7, 11) is 3.34. The molecular weight excluding hydrogens is 358 g/mol. The van der Waals surface area contributed by atoms with Crippen LogP contribution in [-0.2, 0) is 4.79 Å². The first-order valence-corrected chi connectivity index (χ1v) is 9.74. The van der Waals surface area contributed by atoms with E-state index < -0.39 is 0 Å². The molecular formula is C19H25N7O2. The van der Waals surface area contributed by atoms with E-state index in [4.69, 9.17) is 4.98 Å². The summed E-state index contributed by atoms with van der Waals surface area (Å²) in [6.07, 6.45) is 10.0. The van der Waals surface area contributed by atoms with E-state index in [1.807, 2.05) is 6.92 Å². The largest absolute Gasteiger partial charge is 0.354 e. The number of imidazole rings is 1. The summed E-state index contributed by atoms with van der Waals surface area (Å²) in [5, 5.41) is 2.56. The summed E-state index contributed by atoms with van der Waals surface area (Å²) >= 11 is 0. The minimum absolute atomic E-state index is 0.0859. The van der Waals surface area contributed by atoms with E-state index in [2.05, 4.69) is 20.2 Å². The Balaban J connectivity index is 1.78. The van der Waals surface area contributed by atoms with Crippen LogP contribution >= 0.6 is 0 Å². The number of hydrogen-bond acceptors (Lipinski definition) is 6. The predicted octanol–water partition coefficient (Wildman–Crippen LogP) is 1.53. The average Bonchev–Trinajstić information content (AvgIpc) is 3.41. The lowest BCUT2D eigenvalue weighted by Crippen LogP contribution is -2.55. The Morgan fingerprint density at radius 2 is 2.04 bits per heavy atom. The fourth-order valence-electron chi connectivity index (χ4n) is 4.18. The van der Waals surface area contributed by atoms with Gasteiger partial charge in [0.1, 0.15) is 23.8 Å². The Kier molecular flexibility index (Phi) is 4.74. The van der Waals surface area contributed by atoms with E-state index in [9.17, 15) is 9.59 Å². The van der Waals surface area contributed by atoms with Crippen LogP contribution < -0.4 is 15.1 Å². The molecule has 28 heavy (non-hydrogen) atoms. The lowest BCUT2D eigenvalue weighted by Gasteiger charge is -2.43. The summed E-state index contributed by atoms with van der Waals surface area (Å²) in [5.41, 5.74) is 1.02. The van der Waals surface area contributed by atoms with Gasteiger partial charge in [0.25, 0.3) is 5.91 Å². The minimum atomic E-state index is -0.263. The number of nitrogens with one attached hydrogen (secondary N) is 1. The number of hydrogen-bond donors (Lipinski definition) is 1. The first-order chi connectivity index (χ1) is 13.5. The van der Waals surface area contributed by atoms with Gasteiger partial charge in [-0.3, -0.25) is 14.2 Å². The number of fused-ring (bicyclic) bond motifs is 1. The van der Waals surface area contributed by atoms with Crippen molar-refractivity contribution in [2.45, 2.75) is 51.1 Å². The molecule has 9 heteroatoms. The van der Waals surface area contributed by atoms with Crippen molar-refractivity contribution >= 4 is 23.3 Å². The van der Waals surface area contributed by atoms with Crippen molar-refractivity contribution in [3.8, 4) is 5.95 Å². The third-order valence-electron chi connectivity index (χ3n) is 5.67. The standard InChI is InChI=1S/C19H25N7O2/c1-4-14-18(28)24(3)15-9-21-19(25-10-13(22-11-25)17(27)20-2)23-16(15)26(14)12-7-5-6-8-12/h9-12,14H,4-8H2,1-3H3,(H,20,27). The molecule has 0 saturated heterocycles. The maximum Gasteiger partial charge on any atom is 0.271 e. The normalized spacial score (nSPS) is 19.8. The monoisotopic (exact) mass is 383 g/mol. The topological polar surface area (TPSA) is 96.2 Å². The number of anilines is 2. The molecule has 2 aliphatic rings. The smallest absolute Gasteiger partial charge is 0.271 e. The average molecular weight is 383 g/mol. The Bertz CT molecular complexity index is 903. The van der Waals surface area contributed by atoms with E-state index >= 15 is 0 Å². The molecule has 148 valence electrons. The summed E-state index contributed by atoms with van der Waals surface area (Å²) in [4.78, 5) is 41.9. The number of carbonyl (C=O) groups is 2. The van der Waals surface area contributed by atoms with Gasteiger partial charge in [-0.25, -0.2) is 9.97 Å². The molecule has 9 nitrogen and oxygen atoms in total. The molecule has 2 aromatic heterocycles. The zero-order chi connectivity index (χ0) is 19.8. The van der Waals surface area contributed by atoms with Gasteiger partial charge in [0.15, 0.2) is 5.82 Å². The van der Waals surface area contributed by atoms with Gasteiger partial charge >= 0.3 is 0 Å². The number of amides is 2. The van der Waals surface area contributed by atoms with Gasteiger partial charge in [-0.2, -0.15) is 4.98 Å². The van der Waals surface area contributed by atoms with Crippen LogP contribution in [0.5, 0.6) is 0 Å². The maximum absolute atomic E-state index is 12.9. The number of aromatic nitrogens is 4. The fraction of sp³-hybridized carbons (Fsp3) is 0.526. The molecule has 1 N–H and O–H groups in total. The molecule has 1 saturated carbocycles. The van der Waals surface area contributed by atoms with Crippen molar-refractivity contribution in [1.82, 2.24) is 24.8 Å². The molecule has 2 aromatic rings. The van der Waals surface area contributed by atoms with E-state index in [0.717, 1.165) is 30.8 Å². The fourth-order valence-corrected chi connectivity index (χ4v) is 4.18. The highest BCUT2D eigenvalue weighted by Gasteiger charge is 2.41. The molecule has 0 aromatic carbocycles. The Morgan fingerprint density at radius 3 is 2.71 bits per heavy atom. The second-order valence-corrected chi connectivity index (χ2v) is 7.29. The second kappa shape index (κ2) is 7.21. The van der Waals surface area contributed by atoms with Gasteiger partial charge in [-0.05, 0) is 19.3 Å². The molecule has 3 heterocycles. The van der Waals surface area contributed by atoms with Crippen molar-refractivity contribution in [3.63, 3.8) is 0 Å².